The summed E-state index contributed by atoms with van der Waals surface area (Å²) >= 11 is 3.63. The fraction of sp³-hybridized carbons (Fsp3) is 0.400. The Bertz CT molecular complexity index is 309. The molecule has 2 nitrogen and oxygen atoms in total. The van der Waals surface area contributed by atoms with Gasteiger partial charge in [-0.1, -0.05) is 0 Å². The van der Waals surface area contributed by atoms with Crippen LogP contribution in [0, 0.1) is 0 Å². The van der Waals surface area contributed by atoms with Crippen molar-refractivity contribution >= 4 is 29.3 Å². The first-order valence-electron chi connectivity index (χ1n) is 4.51. The van der Waals surface area contributed by atoms with E-state index >= 15 is 0 Å². The lowest BCUT2D eigenvalue weighted by Crippen LogP contribution is -2.24. The molecular weight excluding hydrogens is 214 g/mol. The molecule has 1 saturated heterocycles. The third-order valence-electron chi connectivity index (χ3n) is 2.05. The standard InChI is InChI=1S/C10H11NOS2/c12-10(8-2-1-3-11-6-8)9-7-13-4-5-14-9/h1-3,6,9H,4-5,7H2. The minimum Gasteiger partial charge on any atom is -0.293 e. The molecule has 0 aliphatic carbocycles. The molecule has 1 fully saturated rings. The van der Waals surface area contributed by atoms with Gasteiger partial charge in [0.25, 0.3) is 0 Å². The summed E-state index contributed by atoms with van der Waals surface area (Å²) in [6, 6.07) is 3.66. The molecule has 1 aliphatic rings. The first-order chi connectivity index (χ1) is 6.88. The molecule has 1 aromatic rings. The van der Waals surface area contributed by atoms with Gasteiger partial charge in [0, 0.05) is 35.2 Å². The van der Waals surface area contributed by atoms with Gasteiger partial charge in [-0.3, -0.25) is 9.78 Å². The molecule has 0 amide bonds. The van der Waals surface area contributed by atoms with E-state index in [-0.39, 0.29) is 11.0 Å². The van der Waals surface area contributed by atoms with E-state index in [9.17, 15) is 4.79 Å². The molecule has 1 aliphatic heterocycles. The zero-order valence-corrected chi connectivity index (χ0v) is 9.31. The van der Waals surface area contributed by atoms with Crippen LogP contribution < -0.4 is 0 Å². The summed E-state index contributed by atoms with van der Waals surface area (Å²) in [6.07, 6.45) is 3.35. The molecule has 0 N–H and O–H groups in total. The quantitative estimate of drug-likeness (QED) is 0.721. The number of Topliss-reactive ketones (excluding diaryl/α,β-unsaturated/α-hetero) is 1. The summed E-state index contributed by atoms with van der Waals surface area (Å²) in [4.78, 5) is 15.9. The first kappa shape index (κ1) is 10.1. The number of pyridine rings is 1. The number of aromatic nitrogens is 1. The number of hydrogen-bond acceptors (Lipinski definition) is 4. The van der Waals surface area contributed by atoms with Gasteiger partial charge in [0.1, 0.15) is 0 Å². The predicted octanol–water partition coefficient (Wildman–Crippen LogP) is 2.11. The summed E-state index contributed by atoms with van der Waals surface area (Å²) in [5.41, 5.74) is 0.743. The SMILES string of the molecule is O=C(c1cccnc1)C1CSCCS1. The smallest absolute Gasteiger partial charge is 0.178 e. The number of carbonyl (C=O) groups excluding carboxylic acids is 1. The molecule has 14 heavy (non-hydrogen) atoms. The van der Waals surface area contributed by atoms with Gasteiger partial charge in [0.2, 0.25) is 0 Å². The molecule has 0 bridgehead atoms. The lowest BCUT2D eigenvalue weighted by molar-refractivity contribution is 0.0995. The second kappa shape index (κ2) is 4.84. The number of rotatable bonds is 2. The van der Waals surface area contributed by atoms with Crippen molar-refractivity contribution in [2.24, 2.45) is 0 Å². The van der Waals surface area contributed by atoms with Crippen molar-refractivity contribution in [2.75, 3.05) is 17.3 Å². The molecular formula is C10H11NOS2. The monoisotopic (exact) mass is 225 g/mol. The average molecular weight is 225 g/mol. The number of nitrogens with zero attached hydrogens (tertiary/aromatic N) is 1. The predicted molar refractivity (Wildman–Crippen MR) is 62.1 cm³/mol. The average Bonchev–Trinajstić information content (AvgIpc) is 2.30. The maximum atomic E-state index is 11.9. The van der Waals surface area contributed by atoms with E-state index in [4.69, 9.17) is 0 Å². The van der Waals surface area contributed by atoms with Crippen LogP contribution in [0.2, 0.25) is 0 Å². The van der Waals surface area contributed by atoms with Gasteiger partial charge < -0.3 is 0 Å². The second-order valence-electron chi connectivity index (χ2n) is 3.04. The van der Waals surface area contributed by atoms with Gasteiger partial charge in [-0.25, -0.2) is 0 Å². The van der Waals surface area contributed by atoms with Crippen LogP contribution >= 0.6 is 23.5 Å². The summed E-state index contributed by atoms with van der Waals surface area (Å²) in [6.45, 7) is 0. The van der Waals surface area contributed by atoms with E-state index in [1.807, 2.05) is 23.9 Å². The molecule has 2 rings (SSSR count). The van der Waals surface area contributed by atoms with E-state index in [2.05, 4.69) is 4.98 Å². The molecule has 2 heterocycles. The number of hydrogen-bond donors (Lipinski definition) is 0. The minimum atomic E-state index is 0.137. The molecule has 0 aromatic carbocycles. The summed E-state index contributed by atoms with van der Waals surface area (Å²) in [7, 11) is 0. The Morgan fingerprint density at radius 2 is 2.43 bits per heavy atom. The maximum Gasteiger partial charge on any atom is 0.178 e. The molecule has 1 atom stereocenters. The Kier molecular flexibility index (Phi) is 3.48. The van der Waals surface area contributed by atoms with Gasteiger partial charge in [-0.2, -0.15) is 11.8 Å². The largest absolute Gasteiger partial charge is 0.293 e. The van der Waals surface area contributed by atoms with E-state index in [0.717, 1.165) is 17.1 Å². The van der Waals surface area contributed by atoms with Crippen molar-refractivity contribution in [3.63, 3.8) is 0 Å². The van der Waals surface area contributed by atoms with Crippen LogP contribution in [0.1, 0.15) is 10.4 Å². The van der Waals surface area contributed by atoms with Crippen molar-refractivity contribution in [3.05, 3.63) is 30.1 Å². The van der Waals surface area contributed by atoms with E-state index in [1.54, 1.807) is 24.2 Å². The number of carbonyl (C=O) groups is 1. The Morgan fingerprint density at radius 1 is 1.50 bits per heavy atom. The lowest BCUT2D eigenvalue weighted by atomic mass is 10.1. The van der Waals surface area contributed by atoms with Crippen molar-refractivity contribution in [2.45, 2.75) is 5.25 Å². The van der Waals surface area contributed by atoms with Crippen molar-refractivity contribution in [3.8, 4) is 0 Å². The summed E-state index contributed by atoms with van der Waals surface area (Å²) < 4.78 is 0. The second-order valence-corrected chi connectivity index (χ2v) is 5.50. The third kappa shape index (κ3) is 2.30. The molecule has 74 valence electrons. The zero-order chi connectivity index (χ0) is 9.80. The van der Waals surface area contributed by atoms with Gasteiger partial charge in [-0.15, -0.1) is 11.8 Å². The Morgan fingerprint density at radius 3 is 3.07 bits per heavy atom. The van der Waals surface area contributed by atoms with Gasteiger partial charge in [0.05, 0.1) is 5.25 Å². The fourth-order valence-electron chi connectivity index (χ4n) is 1.33. The van der Waals surface area contributed by atoms with E-state index in [1.165, 1.54) is 5.75 Å². The normalized spacial score (nSPS) is 21.9. The molecule has 1 unspecified atom stereocenters. The fourth-order valence-corrected chi connectivity index (χ4v) is 3.97. The van der Waals surface area contributed by atoms with Crippen LogP contribution in [0.5, 0.6) is 0 Å². The summed E-state index contributed by atoms with van der Waals surface area (Å²) in [5, 5.41) is 0.137. The van der Waals surface area contributed by atoms with E-state index in [0.29, 0.717) is 0 Å². The van der Waals surface area contributed by atoms with E-state index < -0.39 is 0 Å². The molecule has 0 saturated carbocycles. The third-order valence-corrected chi connectivity index (χ3v) is 4.81. The highest BCUT2D eigenvalue weighted by atomic mass is 32.2. The number of ketones is 1. The highest BCUT2D eigenvalue weighted by Crippen LogP contribution is 2.26. The van der Waals surface area contributed by atoms with Crippen LogP contribution in [0.25, 0.3) is 0 Å². The molecule has 0 radical (unpaired) electrons. The van der Waals surface area contributed by atoms with Crippen molar-refractivity contribution in [1.82, 2.24) is 4.98 Å². The van der Waals surface area contributed by atoms with Crippen molar-refractivity contribution < 1.29 is 4.79 Å². The number of thioether (sulfide) groups is 2. The summed E-state index contributed by atoms with van der Waals surface area (Å²) in [5.74, 6) is 3.43. The molecule has 0 spiro atoms. The van der Waals surface area contributed by atoms with Gasteiger partial charge in [-0.05, 0) is 12.1 Å². The van der Waals surface area contributed by atoms with Crippen LogP contribution in [0.3, 0.4) is 0 Å². The van der Waals surface area contributed by atoms with Crippen LogP contribution in [-0.2, 0) is 0 Å². The zero-order valence-electron chi connectivity index (χ0n) is 7.68. The van der Waals surface area contributed by atoms with Crippen LogP contribution in [-0.4, -0.2) is 33.3 Å². The highest BCUT2D eigenvalue weighted by Gasteiger charge is 2.23. The topological polar surface area (TPSA) is 30.0 Å². The highest BCUT2D eigenvalue weighted by molar-refractivity contribution is 8.07. The Hall–Kier alpha value is -0.480. The van der Waals surface area contributed by atoms with Gasteiger partial charge >= 0.3 is 0 Å². The Balaban J connectivity index is 2.07. The molecule has 4 heteroatoms. The van der Waals surface area contributed by atoms with Crippen molar-refractivity contribution in [1.29, 1.82) is 0 Å². The molecule has 1 aromatic heterocycles. The van der Waals surface area contributed by atoms with Gasteiger partial charge in [0.15, 0.2) is 5.78 Å². The maximum absolute atomic E-state index is 11.9. The van der Waals surface area contributed by atoms with Crippen LogP contribution in [0.15, 0.2) is 24.5 Å². The first-order valence-corrected chi connectivity index (χ1v) is 6.72. The minimum absolute atomic E-state index is 0.137. The lowest BCUT2D eigenvalue weighted by Gasteiger charge is -2.19. The Labute approximate surface area is 91.9 Å². The van der Waals surface area contributed by atoms with Crippen LogP contribution in [0.4, 0.5) is 0 Å².